The van der Waals surface area contributed by atoms with E-state index in [1.54, 1.807) is 12.1 Å². The van der Waals surface area contributed by atoms with Gasteiger partial charge in [0.25, 0.3) is 0 Å². The topological polar surface area (TPSA) is 65.1 Å². The second kappa shape index (κ2) is 5.32. The second-order valence-corrected chi connectivity index (χ2v) is 5.05. The third kappa shape index (κ3) is 2.60. The highest BCUT2D eigenvalue weighted by molar-refractivity contribution is 5.88. The van der Waals surface area contributed by atoms with E-state index >= 15 is 0 Å². The monoisotopic (exact) mass is 280 g/mol. The number of carbonyl (C=O) groups is 1. The van der Waals surface area contributed by atoms with Crippen molar-refractivity contribution in [3.63, 3.8) is 0 Å². The summed E-state index contributed by atoms with van der Waals surface area (Å²) in [6.07, 6.45) is 1.93. The predicted octanol–water partition coefficient (Wildman–Crippen LogP) is 3.79. The highest BCUT2D eigenvalue weighted by Crippen LogP contribution is 2.21. The minimum absolute atomic E-state index is 0.310. The number of aromatic nitrogens is 1. The van der Waals surface area contributed by atoms with Gasteiger partial charge in [-0.05, 0) is 47.7 Å². The lowest BCUT2D eigenvalue weighted by atomic mass is 10.1. The van der Waals surface area contributed by atoms with Crippen LogP contribution < -0.4 is 5.32 Å². The second-order valence-electron chi connectivity index (χ2n) is 5.05. The van der Waals surface area contributed by atoms with E-state index in [4.69, 9.17) is 5.11 Å². The number of benzene rings is 2. The molecule has 106 valence electrons. The number of carboxylic acids is 1. The van der Waals surface area contributed by atoms with Crippen molar-refractivity contribution in [1.29, 1.82) is 0 Å². The van der Waals surface area contributed by atoms with Gasteiger partial charge in [-0.1, -0.05) is 18.2 Å². The molecule has 0 fully saturated rings. The van der Waals surface area contributed by atoms with E-state index in [0.29, 0.717) is 12.1 Å². The number of aromatic amines is 1. The van der Waals surface area contributed by atoms with Crippen LogP contribution in [0.3, 0.4) is 0 Å². The Hall–Kier alpha value is -2.75. The van der Waals surface area contributed by atoms with Crippen molar-refractivity contribution >= 4 is 22.6 Å². The lowest BCUT2D eigenvalue weighted by Crippen LogP contribution is -2.03. The Labute approximate surface area is 122 Å². The molecule has 1 heterocycles. The molecule has 0 aliphatic rings. The lowest BCUT2D eigenvalue weighted by Gasteiger charge is -2.11. The molecule has 0 spiro atoms. The smallest absolute Gasteiger partial charge is 0.335 e. The predicted molar refractivity (Wildman–Crippen MR) is 83.8 cm³/mol. The number of anilines is 1. The molecule has 0 saturated carbocycles. The van der Waals surface area contributed by atoms with Gasteiger partial charge >= 0.3 is 5.97 Å². The van der Waals surface area contributed by atoms with Crippen LogP contribution in [0.2, 0.25) is 0 Å². The number of aryl methyl sites for hydroxylation is 1. The largest absolute Gasteiger partial charge is 0.478 e. The van der Waals surface area contributed by atoms with Crippen molar-refractivity contribution in [1.82, 2.24) is 4.98 Å². The average Bonchev–Trinajstić information content (AvgIpc) is 2.94. The fourth-order valence-corrected chi connectivity index (χ4v) is 2.48. The zero-order chi connectivity index (χ0) is 14.8. The number of rotatable bonds is 4. The molecule has 3 aromatic rings. The van der Waals surface area contributed by atoms with Gasteiger partial charge in [0.1, 0.15) is 0 Å². The average molecular weight is 280 g/mol. The van der Waals surface area contributed by atoms with Gasteiger partial charge in [0.05, 0.1) is 11.1 Å². The molecule has 0 saturated heterocycles. The van der Waals surface area contributed by atoms with Gasteiger partial charge in [-0.3, -0.25) is 0 Å². The summed E-state index contributed by atoms with van der Waals surface area (Å²) in [6, 6.07) is 13.3. The molecule has 0 bridgehead atoms. The van der Waals surface area contributed by atoms with E-state index in [9.17, 15) is 4.79 Å². The van der Waals surface area contributed by atoms with Crippen molar-refractivity contribution in [2.45, 2.75) is 13.5 Å². The summed E-state index contributed by atoms with van der Waals surface area (Å²) in [7, 11) is 0. The summed E-state index contributed by atoms with van der Waals surface area (Å²) in [4.78, 5) is 14.2. The zero-order valence-electron chi connectivity index (χ0n) is 11.7. The van der Waals surface area contributed by atoms with Crippen LogP contribution in [0, 0.1) is 6.92 Å². The Kier molecular flexibility index (Phi) is 3.36. The van der Waals surface area contributed by atoms with Gasteiger partial charge in [0.15, 0.2) is 0 Å². The molecule has 3 N–H and O–H groups in total. The maximum atomic E-state index is 10.9. The van der Waals surface area contributed by atoms with E-state index in [0.717, 1.165) is 16.8 Å². The molecule has 0 radical (unpaired) electrons. The Bertz CT molecular complexity index is 805. The summed E-state index contributed by atoms with van der Waals surface area (Å²) in [5.41, 5.74) is 4.49. The van der Waals surface area contributed by atoms with Crippen LogP contribution in [0.4, 0.5) is 5.69 Å². The van der Waals surface area contributed by atoms with Crippen LogP contribution in [-0.2, 0) is 6.54 Å². The number of nitrogens with one attached hydrogen (secondary N) is 2. The normalized spacial score (nSPS) is 10.7. The minimum Gasteiger partial charge on any atom is -0.478 e. The third-order valence-corrected chi connectivity index (χ3v) is 3.62. The molecule has 21 heavy (non-hydrogen) atoms. The summed E-state index contributed by atoms with van der Waals surface area (Å²) in [5, 5.41) is 13.5. The number of carboxylic acid groups (broad SMARTS) is 1. The van der Waals surface area contributed by atoms with Gasteiger partial charge in [0.2, 0.25) is 0 Å². The maximum absolute atomic E-state index is 10.9. The maximum Gasteiger partial charge on any atom is 0.335 e. The number of hydrogen-bond donors (Lipinski definition) is 3. The summed E-state index contributed by atoms with van der Waals surface area (Å²) < 4.78 is 0. The molecule has 4 heteroatoms. The molecular weight excluding hydrogens is 264 g/mol. The van der Waals surface area contributed by atoms with Crippen LogP contribution in [0.15, 0.2) is 48.7 Å². The fourth-order valence-electron chi connectivity index (χ4n) is 2.48. The quantitative estimate of drug-likeness (QED) is 0.681. The Morgan fingerprint density at radius 3 is 2.86 bits per heavy atom. The van der Waals surface area contributed by atoms with E-state index in [1.807, 2.05) is 31.3 Å². The van der Waals surface area contributed by atoms with Gasteiger partial charge in [0, 0.05) is 18.4 Å². The molecule has 0 aliphatic carbocycles. The first-order chi connectivity index (χ1) is 10.1. The van der Waals surface area contributed by atoms with E-state index in [-0.39, 0.29) is 0 Å². The molecule has 1 aromatic heterocycles. The van der Waals surface area contributed by atoms with Crippen LogP contribution in [-0.4, -0.2) is 16.1 Å². The van der Waals surface area contributed by atoms with Crippen molar-refractivity contribution in [2.75, 3.05) is 5.32 Å². The first-order valence-corrected chi connectivity index (χ1v) is 6.78. The minimum atomic E-state index is -0.902. The van der Waals surface area contributed by atoms with Gasteiger partial charge in [-0.25, -0.2) is 4.79 Å². The Balaban J connectivity index is 1.82. The van der Waals surface area contributed by atoms with E-state index in [2.05, 4.69) is 22.4 Å². The van der Waals surface area contributed by atoms with Crippen LogP contribution in [0.5, 0.6) is 0 Å². The van der Waals surface area contributed by atoms with Gasteiger partial charge < -0.3 is 15.4 Å². The Morgan fingerprint density at radius 1 is 1.24 bits per heavy atom. The third-order valence-electron chi connectivity index (χ3n) is 3.62. The molecule has 0 aliphatic heterocycles. The summed E-state index contributed by atoms with van der Waals surface area (Å²) in [6.45, 7) is 2.59. The number of H-pyrrole nitrogens is 1. The van der Waals surface area contributed by atoms with E-state index < -0.39 is 5.97 Å². The van der Waals surface area contributed by atoms with Crippen molar-refractivity contribution in [3.05, 3.63) is 65.4 Å². The van der Waals surface area contributed by atoms with Crippen LogP contribution in [0.25, 0.3) is 10.9 Å². The molecule has 0 unspecified atom stereocenters. The molecule has 3 rings (SSSR count). The van der Waals surface area contributed by atoms with Crippen LogP contribution in [0.1, 0.15) is 21.5 Å². The fraction of sp³-hybridized carbons (Fsp3) is 0.118. The Morgan fingerprint density at radius 2 is 2.10 bits per heavy atom. The molecule has 4 nitrogen and oxygen atoms in total. The molecule has 0 amide bonds. The zero-order valence-corrected chi connectivity index (χ0v) is 11.7. The van der Waals surface area contributed by atoms with Crippen LogP contribution >= 0.6 is 0 Å². The number of aromatic carboxylic acids is 1. The first kappa shape index (κ1) is 13.2. The number of hydrogen-bond acceptors (Lipinski definition) is 2. The van der Waals surface area contributed by atoms with E-state index in [1.165, 1.54) is 10.9 Å². The number of para-hydroxylation sites is 1. The molecule has 0 atom stereocenters. The highest BCUT2D eigenvalue weighted by atomic mass is 16.4. The van der Waals surface area contributed by atoms with Crippen molar-refractivity contribution in [3.8, 4) is 0 Å². The highest BCUT2D eigenvalue weighted by Gasteiger charge is 2.06. The lowest BCUT2D eigenvalue weighted by molar-refractivity contribution is 0.0697. The molecule has 2 aromatic carbocycles. The standard InChI is InChI=1S/C17H16N2O2/c1-11-9-13(17(20)21)5-6-15(11)19-10-14-4-2-3-12-7-8-18-16(12)14/h2-9,18-19H,10H2,1H3,(H,20,21). The van der Waals surface area contributed by atoms with Gasteiger partial charge in [-0.2, -0.15) is 0 Å². The molecular formula is C17H16N2O2. The summed E-state index contributed by atoms with van der Waals surface area (Å²) >= 11 is 0. The SMILES string of the molecule is Cc1cc(C(=O)O)ccc1NCc1cccc2cc[nH]c12. The van der Waals surface area contributed by atoms with Gasteiger partial charge in [-0.15, -0.1) is 0 Å². The first-order valence-electron chi connectivity index (χ1n) is 6.78. The van der Waals surface area contributed by atoms with Crippen molar-refractivity contribution in [2.24, 2.45) is 0 Å². The summed E-state index contributed by atoms with van der Waals surface area (Å²) in [5.74, 6) is -0.902. The number of fused-ring (bicyclic) bond motifs is 1. The van der Waals surface area contributed by atoms with Crippen molar-refractivity contribution < 1.29 is 9.90 Å².